The summed E-state index contributed by atoms with van der Waals surface area (Å²) in [5, 5.41) is 7.94. The summed E-state index contributed by atoms with van der Waals surface area (Å²) in [4.78, 5) is 60.7. The molecule has 0 saturated heterocycles. The van der Waals surface area contributed by atoms with Crippen molar-refractivity contribution in [3.05, 3.63) is 39.8 Å². The number of amides is 3. The normalized spacial score (nSPS) is 10.2. The van der Waals surface area contributed by atoms with Gasteiger partial charge in [0.1, 0.15) is 5.00 Å². The molecule has 176 valence electrons. The first-order valence-corrected chi connectivity index (χ1v) is 10.8. The Kier molecular flexibility index (Phi) is 8.69. The van der Waals surface area contributed by atoms with Crippen LogP contribution in [0, 0.1) is 13.8 Å². The van der Waals surface area contributed by atoms with E-state index in [0.717, 1.165) is 4.88 Å². The Morgan fingerprint density at radius 1 is 0.848 bits per heavy atom. The van der Waals surface area contributed by atoms with Gasteiger partial charge in [0.25, 0.3) is 5.91 Å². The largest absolute Gasteiger partial charge is 0.462 e. The molecule has 1 aromatic carbocycles. The first-order valence-electron chi connectivity index (χ1n) is 9.96. The van der Waals surface area contributed by atoms with Gasteiger partial charge in [-0.15, -0.1) is 11.3 Å². The van der Waals surface area contributed by atoms with E-state index in [1.165, 1.54) is 43.4 Å². The van der Waals surface area contributed by atoms with Crippen LogP contribution in [0.15, 0.2) is 18.2 Å². The lowest BCUT2D eigenvalue weighted by molar-refractivity contribution is -0.119. The van der Waals surface area contributed by atoms with Gasteiger partial charge in [-0.1, -0.05) is 0 Å². The first kappa shape index (κ1) is 25.5. The molecule has 2 rings (SSSR count). The molecule has 3 amide bonds. The molecule has 0 fully saturated rings. The predicted octanol–water partition coefficient (Wildman–Crippen LogP) is 3.25. The highest BCUT2D eigenvalue weighted by Crippen LogP contribution is 2.33. The lowest BCUT2D eigenvalue weighted by Crippen LogP contribution is -2.22. The summed E-state index contributed by atoms with van der Waals surface area (Å²) >= 11 is 1.22. The number of anilines is 3. The molecule has 1 heterocycles. The number of esters is 2. The van der Waals surface area contributed by atoms with Crippen LogP contribution in [0.5, 0.6) is 0 Å². The smallest absolute Gasteiger partial charge is 0.341 e. The Labute approximate surface area is 194 Å². The monoisotopic (exact) mass is 475 g/mol. The zero-order valence-electron chi connectivity index (χ0n) is 18.9. The number of carbonyl (C=O) groups excluding carboxylic acids is 5. The molecule has 0 unspecified atom stereocenters. The first-order chi connectivity index (χ1) is 15.5. The molecule has 0 saturated carbocycles. The maximum absolute atomic E-state index is 12.5. The molecule has 0 aliphatic carbocycles. The summed E-state index contributed by atoms with van der Waals surface area (Å²) in [6.45, 7) is 7.42. The number of hydrogen-bond donors (Lipinski definition) is 3. The molecule has 0 radical (unpaired) electrons. The van der Waals surface area contributed by atoms with E-state index < -0.39 is 24.5 Å². The topological polar surface area (TPSA) is 140 Å². The number of rotatable bonds is 8. The Morgan fingerprint density at radius 2 is 1.42 bits per heavy atom. The van der Waals surface area contributed by atoms with Crippen molar-refractivity contribution in [3.8, 4) is 0 Å². The molecule has 3 N–H and O–H groups in total. The van der Waals surface area contributed by atoms with Crippen LogP contribution in [0.4, 0.5) is 16.4 Å². The summed E-state index contributed by atoms with van der Waals surface area (Å²) in [5.41, 5.74) is 1.53. The number of thiophene rings is 1. The molecule has 10 nitrogen and oxygen atoms in total. The third-order valence-corrected chi connectivity index (χ3v) is 5.38. The number of hydrogen-bond acceptors (Lipinski definition) is 8. The highest BCUT2D eigenvalue weighted by atomic mass is 32.1. The average Bonchev–Trinajstić information content (AvgIpc) is 2.98. The van der Waals surface area contributed by atoms with Crippen LogP contribution < -0.4 is 16.0 Å². The molecule has 11 heteroatoms. The number of nitrogens with one attached hydrogen (secondary N) is 3. The van der Waals surface area contributed by atoms with Crippen molar-refractivity contribution in [2.45, 2.75) is 34.6 Å². The minimum absolute atomic E-state index is 0.0211. The zero-order chi connectivity index (χ0) is 24.7. The van der Waals surface area contributed by atoms with Crippen molar-refractivity contribution in [1.29, 1.82) is 0 Å². The fourth-order valence-electron chi connectivity index (χ4n) is 2.84. The van der Waals surface area contributed by atoms with Crippen LogP contribution in [0.25, 0.3) is 0 Å². The van der Waals surface area contributed by atoms with Gasteiger partial charge in [0.05, 0.1) is 17.7 Å². The van der Waals surface area contributed by atoms with Crippen molar-refractivity contribution >= 4 is 57.4 Å². The summed E-state index contributed by atoms with van der Waals surface area (Å²) < 4.78 is 10.1. The van der Waals surface area contributed by atoms with E-state index in [-0.39, 0.29) is 40.9 Å². The Morgan fingerprint density at radius 3 is 1.94 bits per heavy atom. The van der Waals surface area contributed by atoms with Crippen molar-refractivity contribution in [2.75, 3.05) is 29.2 Å². The molecule has 0 aliphatic rings. The summed E-state index contributed by atoms with van der Waals surface area (Å²) in [6.07, 6.45) is 0. The predicted molar refractivity (Wildman–Crippen MR) is 124 cm³/mol. The van der Waals surface area contributed by atoms with Gasteiger partial charge in [0.2, 0.25) is 11.8 Å². The zero-order valence-corrected chi connectivity index (χ0v) is 19.7. The average molecular weight is 476 g/mol. The van der Waals surface area contributed by atoms with Crippen molar-refractivity contribution in [2.24, 2.45) is 0 Å². The quantitative estimate of drug-likeness (QED) is 0.498. The third-order valence-electron chi connectivity index (χ3n) is 4.26. The molecule has 0 bridgehead atoms. The maximum atomic E-state index is 12.5. The second-order valence-electron chi connectivity index (χ2n) is 6.99. The third kappa shape index (κ3) is 7.14. The summed E-state index contributed by atoms with van der Waals surface area (Å²) in [7, 11) is 0. The van der Waals surface area contributed by atoms with Crippen LogP contribution in [-0.4, -0.2) is 42.9 Å². The molecular formula is C22H25N3O7S. The van der Waals surface area contributed by atoms with Crippen molar-refractivity contribution in [1.82, 2.24) is 0 Å². The van der Waals surface area contributed by atoms with E-state index in [9.17, 15) is 24.0 Å². The van der Waals surface area contributed by atoms with Crippen molar-refractivity contribution < 1.29 is 33.4 Å². The molecule has 0 aliphatic heterocycles. The molecule has 0 spiro atoms. The number of aryl methyl sites for hydroxylation is 1. The lowest BCUT2D eigenvalue weighted by atomic mass is 10.1. The van der Waals surface area contributed by atoms with Gasteiger partial charge in [-0.25, -0.2) is 9.59 Å². The van der Waals surface area contributed by atoms with E-state index >= 15 is 0 Å². The molecule has 0 atom stereocenters. The number of benzene rings is 1. The lowest BCUT2D eigenvalue weighted by Gasteiger charge is -2.11. The van der Waals surface area contributed by atoms with E-state index in [1.54, 1.807) is 13.8 Å². The van der Waals surface area contributed by atoms with Crippen LogP contribution >= 0.6 is 11.3 Å². The van der Waals surface area contributed by atoms with E-state index in [4.69, 9.17) is 9.47 Å². The number of ether oxygens (including phenoxy) is 2. The van der Waals surface area contributed by atoms with Crippen LogP contribution in [-0.2, 0) is 23.9 Å². The summed E-state index contributed by atoms with van der Waals surface area (Å²) in [5.74, 6) is -2.77. The standard InChI is InChI=1S/C22H25N3O7S/c1-6-31-22(30)19-11(2)12(3)33-20(19)25-18(28)10-32-21(29)15-7-16(23-13(4)26)9-17(8-15)24-14(5)27/h7-9H,6,10H2,1-5H3,(H,23,26)(H,24,27)(H,25,28). The van der Waals surface area contributed by atoms with Gasteiger partial charge in [0, 0.05) is 30.1 Å². The van der Waals surface area contributed by atoms with Crippen LogP contribution in [0.2, 0.25) is 0 Å². The highest BCUT2D eigenvalue weighted by Gasteiger charge is 2.22. The fourth-order valence-corrected chi connectivity index (χ4v) is 3.90. The Balaban J connectivity index is 2.13. The molecule has 2 aromatic rings. The Bertz CT molecular complexity index is 1070. The molecular weight excluding hydrogens is 450 g/mol. The van der Waals surface area contributed by atoms with E-state index in [1.807, 2.05) is 6.92 Å². The van der Waals surface area contributed by atoms with Gasteiger partial charge in [-0.2, -0.15) is 0 Å². The van der Waals surface area contributed by atoms with Gasteiger partial charge in [-0.3, -0.25) is 14.4 Å². The van der Waals surface area contributed by atoms with Gasteiger partial charge < -0.3 is 25.4 Å². The van der Waals surface area contributed by atoms with Gasteiger partial charge >= 0.3 is 11.9 Å². The summed E-state index contributed by atoms with van der Waals surface area (Å²) in [6, 6.07) is 4.19. The fraction of sp³-hybridized carbons (Fsp3) is 0.318. The van der Waals surface area contributed by atoms with Gasteiger partial charge in [-0.05, 0) is 44.5 Å². The molecule has 33 heavy (non-hydrogen) atoms. The number of carbonyl (C=O) groups is 5. The van der Waals surface area contributed by atoms with E-state index in [2.05, 4.69) is 16.0 Å². The minimum Gasteiger partial charge on any atom is -0.462 e. The Hall–Kier alpha value is -3.73. The SMILES string of the molecule is CCOC(=O)c1c(NC(=O)COC(=O)c2cc(NC(C)=O)cc(NC(C)=O)c2)sc(C)c1C. The second-order valence-corrected chi connectivity index (χ2v) is 8.22. The minimum atomic E-state index is -0.840. The molecule has 1 aromatic heterocycles. The van der Waals surface area contributed by atoms with E-state index in [0.29, 0.717) is 10.6 Å². The van der Waals surface area contributed by atoms with Crippen LogP contribution in [0.1, 0.15) is 51.9 Å². The van der Waals surface area contributed by atoms with Crippen LogP contribution in [0.3, 0.4) is 0 Å². The van der Waals surface area contributed by atoms with Gasteiger partial charge in [0.15, 0.2) is 6.61 Å². The highest BCUT2D eigenvalue weighted by molar-refractivity contribution is 7.16. The van der Waals surface area contributed by atoms with Crippen molar-refractivity contribution in [3.63, 3.8) is 0 Å². The maximum Gasteiger partial charge on any atom is 0.341 e. The second kappa shape index (κ2) is 11.2.